The minimum Gasteiger partial charge on any atom is -0.464 e. The summed E-state index contributed by atoms with van der Waals surface area (Å²) in [5.41, 5.74) is 21.2. The lowest BCUT2D eigenvalue weighted by atomic mass is 10.0. The summed E-state index contributed by atoms with van der Waals surface area (Å²) in [6.45, 7) is -2.19. The van der Waals surface area contributed by atoms with Crippen LogP contribution in [0.15, 0.2) is 94.5 Å². The summed E-state index contributed by atoms with van der Waals surface area (Å²) in [6.07, 6.45) is 0.382. The lowest BCUT2D eigenvalue weighted by molar-refractivity contribution is 0.0768. The van der Waals surface area contributed by atoms with Gasteiger partial charge in [-0.05, 0) is 128 Å². The molecule has 3 aromatic carbocycles. The first kappa shape index (κ1) is 82.2. The average Bonchev–Trinajstić information content (AvgIpc) is 1.35. The zero-order chi connectivity index (χ0) is 68.7. The highest BCUT2D eigenvalue weighted by Gasteiger charge is 2.31. The Morgan fingerprint density at radius 3 is 1.79 bits per heavy atom. The zero-order valence-electron chi connectivity index (χ0n) is 50.3. The van der Waals surface area contributed by atoms with Gasteiger partial charge in [-0.3, -0.25) is 23.6 Å². The van der Waals surface area contributed by atoms with Crippen molar-refractivity contribution in [1.82, 2.24) is 74.4 Å². The van der Waals surface area contributed by atoms with Gasteiger partial charge in [0.15, 0.2) is 35.8 Å². The molecule has 35 heteroatoms. The monoisotopic (exact) mass is 1600 g/mol. The molecule has 1 aliphatic rings. The largest absolute Gasteiger partial charge is 0.464 e. The first-order valence-electron chi connectivity index (χ1n) is 27.2. The Labute approximate surface area is 592 Å². The fourth-order valence-corrected chi connectivity index (χ4v) is 10.1. The quantitative estimate of drug-likeness (QED) is 0.0580. The van der Waals surface area contributed by atoms with E-state index < -0.39 is 67.6 Å². The molecule has 6 aromatic heterocycles. The number of nitrogen functional groups attached to an aromatic ring is 3. The second kappa shape index (κ2) is 37.5. The van der Waals surface area contributed by atoms with Crippen molar-refractivity contribution in [3.8, 4) is 47.1 Å². The summed E-state index contributed by atoms with van der Waals surface area (Å²) < 4.78 is 105. The smallest absolute Gasteiger partial charge is 0.259 e. The Morgan fingerprint density at radius 2 is 1.24 bits per heavy atom. The van der Waals surface area contributed by atoms with Gasteiger partial charge in [0.25, 0.3) is 29.5 Å². The predicted octanol–water partition coefficient (Wildman–Crippen LogP) is 11.3. The number of aromatic nitrogens is 12. The summed E-state index contributed by atoms with van der Waals surface area (Å²) in [5.74, 6) is -3.31. The maximum absolute atomic E-state index is 14.0. The number of ether oxygens (including phenoxy) is 3. The highest BCUT2D eigenvalue weighted by atomic mass is 127. The van der Waals surface area contributed by atoms with Crippen molar-refractivity contribution in [2.45, 2.75) is 67.7 Å². The number of nitrogens with zero attached hydrogens (tertiary/aromatic N) is 17. The van der Waals surface area contributed by atoms with Crippen LogP contribution in [0.3, 0.4) is 0 Å². The van der Waals surface area contributed by atoms with Crippen molar-refractivity contribution in [3.63, 3.8) is 0 Å². The highest BCUT2D eigenvalue weighted by Crippen LogP contribution is 2.35. The van der Waals surface area contributed by atoms with Crippen LogP contribution in [0.1, 0.15) is 120 Å². The number of anilines is 3. The van der Waals surface area contributed by atoms with Gasteiger partial charge in [-0.1, -0.05) is 29.7 Å². The number of fused-ring (bicyclic) bond motifs is 5. The number of nitrogens with two attached hydrogens (primary N) is 3. The number of alkyl halides is 3. The predicted molar refractivity (Wildman–Crippen MR) is 369 cm³/mol. The molecular weight excluding hydrogens is 1530 g/mol. The minimum absolute atomic E-state index is 0. The van der Waals surface area contributed by atoms with Crippen molar-refractivity contribution < 1.29 is 50.1 Å². The Kier molecular flexibility index (Phi) is 31.4. The summed E-state index contributed by atoms with van der Waals surface area (Å²) in [5, 5.41) is 42.8. The number of nitrogens with one attached hydrogen (secondary N) is 1. The third-order valence-corrected chi connectivity index (χ3v) is 15.1. The van der Waals surface area contributed by atoms with Gasteiger partial charge in [0.2, 0.25) is 0 Å². The number of hydrogen-bond acceptors (Lipinski definition) is 21. The van der Waals surface area contributed by atoms with Crippen molar-refractivity contribution in [1.29, 1.82) is 15.8 Å². The molecule has 0 unspecified atom stereocenters. The van der Waals surface area contributed by atoms with Crippen LogP contribution in [0, 0.1) is 55.0 Å². The molecule has 1 aliphatic heterocycles. The van der Waals surface area contributed by atoms with Gasteiger partial charge < -0.3 is 46.5 Å². The number of benzene rings is 3. The van der Waals surface area contributed by atoms with E-state index in [1.165, 1.54) is 76.1 Å². The van der Waals surface area contributed by atoms with E-state index in [9.17, 15) is 41.2 Å². The molecule has 2 bridgehead atoms. The van der Waals surface area contributed by atoms with Crippen molar-refractivity contribution in [2.24, 2.45) is 21.1 Å². The van der Waals surface area contributed by atoms with E-state index in [-0.39, 0.29) is 112 Å². The SMILES string of the molecule is C.C.C.C.CN(Cc1cc(C#N)n(C)n1)C(=O)c1ccc(F)cc1[C@H](CF)Oc1nc(Br)cnc1N.CN1Cc2nn(C)c(C#N)c2-c2cnc(N)c(n2)O[C@@H](CF)c2cc(F)ccc2C1=O.CNCc1cc(C#N)n(C)n1.Nc1ncc(Br)nc1O[C@@H](CF)c1cc(F)ccc1I. The van der Waals surface area contributed by atoms with Gasteiger partial charge in [-0.2, -0.15) is 31.1 Å². The third-order valence-electron chi connectivity index (χ3n) is 13.3. The first-order chi connectivity index (χ1) is 44.8. The standard InChI is InChI=1S/C20H18BrF2N7O2.C20H17F2N7O2.C12H9BrF2IN3O.C7H10N4.4CH4/c1-29(10-12-6-13(8-24)30(2)28-12)20(31)14-4-3-11(23)5-15(14)16(7-22)32-19-18(25)26-9-17(21)27-19;1-28-9-14-17(15(7-23)29(2)27-14)13-8-25-18(24)19(26-13)31-16(6-21)12-5-10(22)3-4-11(12)20(28)30;13-10-5-18-11(17)12(19-10)20-9(4-14)7-3-6(15)1-2-8(7)16;1-9-5-6-3-7(4-8)11(2)10-6;;;;/h3-6,9,16H,7,10H2,1-2H3,(H2,25,26);3-5,8,16H,6,9H2,1-2H3,(H2,24,25);1-3,5,9H,4H2,(H2,17,18);3,9H,5H2,1-2H3;4*1H4/t2*16-;9-;;;;;/m000...../s1. The number of carbonyl (C=O) groups is 2. The molecule has 7 N–H and O–H groups in total. The molecular formula is C63H70Br2F6IN21O5. The van der Waals surface area contributed by atoms with Gasteiger partial charge in [0.1, 0.15) is 82.0 Å². The summed E-state index contributed by atoms with van der Waals surface area (Å²) in [7, 11) is 9.85. The second-order valence-electron chi connectivity index (χ2n) is 19.9. The van der Waals surface area contributed by atoms with E-state index in [1.54, 1.807) is 44.0 Å². The van der Waals surface area contributed by atoms with Gasteiger partial charge >= 0.3 is 0 Å². The Morgan fingerprint density at radius 1 is 0.724 bits per heavy atom. The van der Waals surface area contributed by atoms with Crippen LogP contribution < -0.4 is 36.7 Å². The lowest BCUT2D eigenvalue weighted by Gasteiger charge is -2.23. The molecule has 2 amide bonds. The third kappa shape index (κ3) is 20.3. The van der Waals surface area contributed by atoms with Gasteiger partial charge in [-0.15, -0.1) is 0 Å². The fourth-order valence-electron chi connectivity index (χ4n) is 8.89. The van der Waals surface area contributed by atoms with E-state index in [2.05, 4.69) is 88.4 Å². The Balaban J connectivity index is 0.000000355. The molecule has 0 radical (unpaired) electrons. The maximum Gasteiger partial charge on any atom is 0.259 e. The molecule has 10 rings (SSSR count). The van der Waals surface area contributed by atoms with E-state index in [0.29, 0.717) is 53.2 Å². The molecule has 520 valence electrons. The molecule has 26 nitrogen and oxygen atoms in total. The second-order valence-corrected chi connectivity index (χ2v) is 22.7. The van der Waals surface area contributed by atoms with Crippen LogP contribution >= 0.6 is 54.5 Å². The fraction of sp³-hybridized carbons (Fsp3) is 0.302. The summed E-state index contributed by atoms with van der Waals surface area (Å²) in [6, 6.07) is 20.3. The first-order valence-corrected chi connectivity index (χ1v) is 29.9. The summed E-state index contributed by atoms with van der Waals surface area (Å²) in [4.78, 5) is 53.0. The molecule has 7 heterocycles. The minimum atomic E-state index is -1.36. The van der Waals surface area contributed by atoms with Crippen LogP contribution in [0.5, 0.6) is 17.6 Å². The Hall–Kier alpha value is -10.0. The van der Waals surface area contributed by atoms with Crippen LogP contribution in [0.2, 0.25) is 0 Å². The molecule has 0 aliphatic carbocycles. The number of halogens is 9. The zero-order valence-corrected chi connectivity index (χ0v) is 55.7. The van der Waals surface area contributed by atoms with Crippen molar-refractivity contribution in [2.75, 3.05) is 58.4 Å². The van der Waals surface area contributed by atoms with Gasteiger partial charge in [0, 0.05) is 73.2 Å². The maximum atomic E-state index is 14.0. The normalized spacial score (nSPS) is 12.3. The van der Waals surface area contributed by atoms with E-state index >= 15 is 0 Å². The van der Waals surface area contributed by atoms with Crippen LogP contribution in [0.25, 0.3) is 11.3 Å². The van der Waals surface area contributed by atoms with E-state index in [0.717, 1.165) is 30.0 Å². The molecule has 0 saturated carbocycles. The lowest BCUT2D eigenvalue weighted by Crippen LogP contribution is -2.29. The van der Waals surface area contributed by atoms with Crippen molar-refractivity contribution >= 4 is 83.7 Å². The number of amides is 2. The number of carbonyl (C=O) groups excluding carboxylic acids is 2. The van der Waals surface area contributed by atoms with Crippen LogP contribution in [-0.2, 0) is 40.8 Å². The van der Waals surface area contributed by atoms with Crippen LogP contribution in [0.4, 0.5) is 43.8 Å². The van der Waals surface area contributed by atoms with Crippen molar-refractivity contribution in [3.05, 3.63) is 178 Å². The van der Waals surface area contributed by atoms with Gasteiger partial charge in [-0.25, -0.2) is 56.2 Å². The topological polar surface area (TPSA) is 361 Å². The molecule has 9 aromatic rings. The summed E-state index contributed by atoms with van der Waals surface area (Å²) >= 11 is 8.23. The highest BCUT2D eigenvalue weighted by molar-refractivity contribution is 14.1. The molecule has 0 spiro atoms. The molecule has 0 fully saturated rings. The van der Waals surface area contributed by atoms with Gasteiger partial charge in [0.05, 0.1) is 60.0 Å². The number of rotatable bonds is 14. The average molecular weight is 1600 g/mol. The number of nitriles is 3. The molecule has 98 heavy (non-hydrogen) atoms. The number of hydrogen-bond donors (Lipinski definition) is 4. The van der Waals surface area contributed by atoms with E-state index in [1.807, 2.05) is 41.8 Å². The number of aryl methyl sites for hydroxylation is 3. The molecule has 0 saturated heterocycles. The molecule has 3 atom stereocenters. The van der Waals surface area contributed by atoms with Crippen LogP contribution in [-0.4, -0.2) is 122 Å². The van der Waals surface area contributed by atoms with E-state index in [4.69, 9.17) is 41.9 Å². The Bertz CT molecular complexity index is 4370.